The van der Waals surface area contributed by atoms with Crippen molar-refractivity contribution in [1.82, 2.24) is 0 Å². The van der Waals surface area contributed by atoms with E-state index < -0.39 is 23.6 Å². The summed E-state index contributed by atoms with van der Waals surface area (Å²) in [7, 11) is 0. The summed E-state index contributed by atoms with van der Waals surface area (Å²) in [5.41, 5.74) is -0.260. The molecule has 0 saturated heterocycles. The van der Waals surface area contributed by atoms with E-state index in [4.69, 9.17) is 0 Å². The number of carboxylic acid groups (broad SMARTS) is 1. The van der Waals surface area contributed by atoms with Gasteiger partial charge in [0.05, 0.1) is 17.6 Å². The summed E-state index contributed by atoms with van der Waals surface area (Å²) in [5, 5.41) is 42.2. The number of carbonyl (C=O) groups is 1. The number of rotatable bonds is 7. The van der Waals surface area contributed by atoms with Crippen LogP contribution in [0.25, 0.3) is 0 Å². The zero-order valence-electron chi connectivity index (χ0n) is 22.9. The molecule has 4 N–H and O–H groups in total. The summed E-state index contributed by atoms with van der Waals surface area (Å²) in [4.78, 5) is 17.2. The van der Waals surface area contributed by atoms with E-state index in [9.17, 15) is 25.4 Å². The van der Waals surface area contributed by atoms with Gasteiger partial charge >= 0.3 is 5.97 Å². The molecule has 6 heteroatoms. The third-order valence-corrected chi connectivity index (χ3v) is 13.5. The lowest BCUT2D eigenvalue weighted by Gasteiger charge is -2.64. The Morgan fingerprint density at radius 2 is 1.72 bits per heavy atom. The van der Waals surface area contributed by atoms with Crippen LogP contribution in [0.1, 0.15) is 98.8 Å². The van der Waals surface area contributed by atoms with Crippen molar-refractivity contribution >= 4 is 5.97 Å². The molecule has 12 atom stereocenters. The smallest absolute Gasteiger partial charge is 0.312 e. The summed E-state index contributed by atoms with van der Waals surface area (Å²) in [5.74, 6) is 0.132. The predicted molar refractivity (Wildman–Crippen MR) is 137 cm³/mol. The molecule has 0 bridgehead atoms. The van der Waals surface area contributed by atoms with E-state index >= 15 is 0 Å². The highest BCUT2D eigenvalue weighted by atomic mass is 17.1. The van der Waals surface area contributed by atoms with Crippen LogP contribution in [0.3, 0.4) is 0 Å². The highest BCUT2D eigenvalue weighted by Crippen LogP contribution is 2.89. The molecular weight excluding hydrogens is 456 g/mol. The molecule has 5 saturated carbocycles. The van der Waals surface area contributed by atoms with Gasteiger partial charge in [-0.2, -0.15) is 0 Å². The maximum Gasteiger partial charge on any atom is 0.312 e. The molecule has 5 rings (SSSR count). The summed E-state index contributed by atoms with van der Waals surface area (Å²) in [6.07, 6.45) is 7.39. The van der Waals surface area contributed by atoms with Crippen molar-refractivity contribution in [3.63, 3.8) is 0 Å². The molecule has 204 valence electrons. The molecule has 5 aliphatic carbocycles. The molecule has 1 unspecified atom stereocenters. The van der Waals surface area contributed by atoms with Crippen molar-refractivity contribution in [1.29, 1.82) is 0 Å². The van der Waals surface area contributed by atoms with E-state index in [-0.39, 0.29) is 39.6 Å². The second-order valence-corrected chi connectivity index (χ2v) is 14.4. The van der Waals surface area contributed by atoms with Gasteiger partial charge in [-0.25, -0.2) is 4.89 Å². The Hall–Kier alpha value is -0.950. The van der Waals surface area contributed by atoms with Gasteiger partial charge in [-0.15, -0.1) is 0 Å². The second-order valence-electron chi connectivity index (χ2n) is 14.4. The van der Waals surface area contributed by atoms with Gasteiger partial charge < -0.3 is 15.3 Å². The van der Waals surface area contributed by atoms with E-state index in [0.29, 0.717) is 24.7 Å². The maximum atomic E-state index is 12.5. The molecule has 0 radical (unpaired) electrons. The van der Waals surface area contributed by atoms with E-state index in [0.717, 1.165) is 56.9 Å². The van der Waals surface area contributed by atoms with Crippen LogP contribution in [0.2, 0.25) is 0 Å². The Morgan fingerprint density at radius 1 is 1.03 bits per heavy atom. The molecule has 6 nitrogen and oxygen atoms in total. The van der Waals surface area contributed by atoms with Gasteiger partial charge in [-0.1, -0.05) is 27.4 Å². The molecule has 0 amide bonds. The molecule has 5 fully saturated rings. The fraction of sp³-hybridized carbons (Fsp3) is 0.900. The fourth-order valence-corrected chi connectivity index (χ4v) is 11.3. The highest BCUT2D eigenvalue weighted by molar-refractivity contribution is 5.76. The van der Waals surface area contributed by atoms with Crippen LogP contribution in [0.4, 0.5) is 0 Å². The third kappa shape index (κ3) is 3.08. The summed E-state index contributed by atoms with van der Waals surface area (Å²) in [6.45, 7) is 14.8. The lowest BCUT2D eigenvalue weighted by Crippen LogP contribution is -2.63. The Balaban J connectivity index is 1.43. The molecule has 36 heavy (non-hydrogen) atoms. The van der Waals surface area contributed by atoms with Crippen molar-refractivity contribution in [3.8, 4) is 0 Å². The van der Waals surface area contributed by atoms with E-state index in [1.165, 1.54) is 0 Å². The first kappa shape index (κ1) is 26.6. The quantitative estimate of drug-likeness (QED) is 0.202. The van der Waals surface area contributed by atoms with Crippen LogP contribution in [-0.4, -0.2) is 44.9 Å². The molecule has 0 heterocycles. The Morgan fingerprint density at radius 3 is 2.33 bits per heavy atom. The summed E-state index contributed by atoms with van der Waals surface area (Å²) in [6, 6.07) is 0. The molecule has 0 aromatic carbocycles. The number of hydrogen-bond donors (Lipinski definition) is 4. The van der Waals surface area contributed by atoms with Gasteiger partial charge in [-0.05, 0) is 129 Å². The van der Waals surface area contributed by atoms with Gasteiger partial charge in [0.2, 0.25) is 0 Å². The third-order valence-electron chi connectivity index (χ3n) is 13.5. The predicted octanol–water partition coefficient (Wildman–Crippen LogP) is 5.67. The zero-order chi connectivity index (χ0) is 26.5. The number of aliphatic hydroxyl groups is 2. The Bertz CT molecular complexity index is 934. The van der Waals surface area contributed by atoms with Crippen LogP contribution in [0, 0.1) is 50.7 Å². The number of aliphatic hydroxyl groups excluding tert-OH is 2. The highest BCUT2D eigenvalue weighted by Gasteiger charge is 2.84. The zero-order valence-corrected chi connectivity index (χ0v) is 22.9. The monoisotopic (exact) mass is 504 g/mol. The largest absolute Gasteiger partial charge is 0.481 e. The number of aliphatic carboxylic acids is 1. The van der Waals surface area contributed by atoms with Crippen LogP contribution in [-0.2, 0) is 9.68 Å². The lowest BCUT2D eigenvalue weighted by molar-refractivity contribution is -0.270. The van der Waals surface area contributed by atoms with Crippen molar-refractivity contribution < 1.29 is 30.3 Å². The Labute approximate surface area is 216 Å². The second kappa shape index (κ2) is 8.27. The normalized spacial score (nSPS) is 52.8. The molecule has 0 aliphatic heterocycles. The van der Waals surface area contributed by atoms with Crippen LogP contribution in [0.15, 0.2) is 12.2 Å². The average Bonchev–Trinajstić information content (AvgIpc) is 3.37. The van der Waals surface area contributed by atoms with Gasteiger partial charge in [0.25, 0.3) is 0 Å². The van der Waals surface area contributed by atoms with Crippen molar-refractivity contribution in [2.24, 2.45) is 50.7 Å². The maximum absolute atomic E-state index is 12.5. The van der Waals surface area contributed by atoms with E-state index in [1.54, 1.807) is 6.92 Å². The van der Waals surface area contributed by atoms with E-state index in [2.05, 4.69) is 32.2 Å². The van der Waals surface area contributed by atoms with E-state index in [1.807, 2.05) is 6.92 Å². The molecular formula is C30H48O6. The first-order valence-electron chi connectivity index (χ1n) is 14.3. The van der Waals surface area contributed by atoms with Crippen molar-refractivity contribution in [3.05, 3.63) is 12.2 Å². The van der Waals surface area contributed by atoms with Crippen LogP contribution < -0.4 is 0 Å². The van der Waals surface area contributed by atoms with Gasteiger partial charge in [0.1, 0.15) is 6.10 Å². The summed E-state index contributed by atoms with van der Waals surface area (Å²) < 4.78 is 0. The molecule has 0 aromatic rings. The average molecular weight is 505 g/mol. The Kier molecular flexibility index (Phi) is 6.12. The van der Waals surface area contributed by atoms with Crippen molar-refractivity contribution in [2.75, 3.05) is 0 Å². The van der Waals surface area contributed by atoms with Gasteiger partial charge in [-0.3, -0.25) is 10.1 Å². The molecule has 2 spiro atoms. The SMILES string of the molecule is C=C(C)[C@@H](CC[C@H](C)[C@@H]1CC[C@]2(C)[C@H]3[C@H](O)C[C@@H]4[C@@](C)(C(=O)O)[C@H](O)CC[C@]45CC35CC[C@@]12C)OO. The molecule has 0 aromatic heterocycles. The fourth-order valence-electron chi connectivity index (χ4n) is 11.3. The standard InChI is InChI=1S/C30H48O6/c1-17(2)21(36-35)8-7-18(3)19-9-11-27(5)24-20(31)15-22-28(6,25(33)34)23(32)10-12-29(22)16-30(24,29)14-13-26(19,27)4/h18-24,31-32,35H,1,7-16H2,2-6H3,(H,33,34)/t18-,19-,20+,21+,22+,23+,24+,26-,27+,28+,29-,30?/m0/s1. The minimum Gasteiger partial charge on any atom is -0.481 e. The molecule has 5 aliphatic rings. The lowest BCUT2D eigenvalue weighted by atomic mass is 9.41. The first-order chi connectivity index (χ1) is 16.7. The van der Waals surface area contributed by atoms with Crippen LogP contribution in [0.5, 0.6) is 0 Å². The van der Waals surface area contributed by atoms with Crippen molar-refractivity contribution in [2.45, 2.75) is 117 Å². The number of carboxylic acids is 1. The van der Waals surface area contributed by atoms with Gasteiger partial charge in [0.15, 0.2) is 0 Å². The van der Waals surface area contributed by atoms with Crippen LogP contribution >= 0.6 is 0 Å². The van der Waals surface area contributed by atoms with Gasteiger partial charge in [0, 0.05) is 0 Å². The number of hydrogen-bond acceptors (Lipinski definition) is 5. The topological polar surface area (TPSA) is 107 Å². The minimum atomic E-state index is -1.18. The first-order valence-corrected chi connectivity index (χ1v) is 14.3. The minimum absolute atomic E-state index is 0.00828. The summed E-state index contributed by atoms with van der Waals surface area (Å²) >= 11 is 0. The number of fused-ring (bicyclic) bond motifs is 2.